The van der Waals surface area contributed by atoms with Crippen molar-refractivity contribution in [2.75, 3.05) is 19.6 Å². The van der Waals surface area contributed by atoms with Crippen molar-refractivity contribution >= 4 is 11.7 Å². The molecule has 0 saturated heterocycles. The maximum Gasteiger partial charge on any atom is 0.221 e. The largest absolute Gasteiger partial charge is 0.409 e. The number of oxime groups is 1. The molecule has 6 nitrogen and oxygen atoms in total. The van der Waals surface area contributed by atoms with Crippen molar-refractivity contribution in [3.05, 3.63) is 0 Å². The highest BCUT2D eigenvalue weighted by Crippen LogP contribution is 1.81. The third kappa shape index (κ3) is 9.01. The number of nitrogens with one attached hydrogen (secondary N) is 2. The van der Waals surface area contributed by atoms with E-state index in [1.807, 2.05) is 6.92 Å². The van der Waals surface area contributed by atoms with Crippen LogP contribution in [0.15, 0.2) is 5.16 Å². The van der Waals surface area contributed by atoms with Gasteiger partial charge >= 0.3 is 0 Å². The van der Waals surface area contributed by atoms with Gasteiger partial charge in [-0.2, -0.15) is 0 Å². The van der Waals surface area contributed by atoms with E-state index in [1.165, 1.54) is 0 Å². The molecule has 5 N–H and O–H groups in total. The molecule has 0 aliphatic rings. The van der Waals surface area contributed by atoms with Gasteiger partial charge < -0.3 is 21.6 Å². The Balaban J connectivity index is 3.27. The van der Waals surface area contributed by atoms with Crippen LogP contribution in [0.1, 0.15) is 26.2 Å². The number of amides is 1. The van der Waals surface area contributed by atoms with Crippen LogP contribution in [0.2, 0.25) is 0 Å². The predicted molar refractivity (Wildman–Crippen MR) is 58.8 cm³/mol. The Bertz CT molecular complexity index is 206. The van der Waals surface area contributed by atoms with Crippen LogP contribution in [-0.2, 0) is 4.79 Å². The first-order valence-electron chi connectivity index (χ1n) is 5.14. The van der Waals surface area contributed by atoms with Gasteiger partial charge in [-0.15, -0.1) is 0 Å². The highest BCUT2D eigenvalue weighted by Gasteiger charge is 1.99. The van der Waals surface area contributed by atoms with E-state index in [0.29, 0.717) is 25.9 Å². The van der Waals surface area contributed by atoms with Crippen LogP contribution in [0.4, 0.5) is 0 Å². The maximum atomic E-state index is 11.1. The molecule has 0 fully saturated rings. The van der Waals surface area contributed by atoms with Crippen LogP contribution in [0.25, 0.3) is 0 Å². The second-order valence-electron chi connectivity index (χ2n) is 3.19. The van der Waals surface area contributed by atoms with Crippen molar-refractivity contribution in [2.45, 2.75) is 26.2 Å². The lowest BCUT2D eigenvalue weighted by Crippen LogP contribution is -2.29. The summed E-state index contributed by atoms with van der Waals surface area (Å²) in [4.78, 5) is 11.1. The van der Waals surface area contributed by atoms with E-state index in [-0.39, 0.29) is 11.7 Å². The molecule has 0 aliphatic carbocycles. The molecule has 0 aromatic rings. The Kier molecular flexibility index (Phi) is 8.46. The molecule has 0 spiro atoms. The molecule has 0 saturated carbocycles. The molecule has 0 unspecified atom stereocenters. The molecule has 0 aromatic heterocycles. The van der Waals surface area contributed by atoms with Crippen molar-refractivity contribution in [3.63, 3.8) is 0 Å². The number of nitrogens with zero attached hydrogens (tertiary/aromatic N) is 1. The van der Waals surface area contributed by atoms with Gasteiger partial charge in [-0.3, -0.25) is 4.79 Å². The third-order valence-corrected chi connectivity index (χ3v) is 1.79. The van der Waals surface area contributed by atoms with Crippen molar-refractivity contribution in [2.24, 2.45) is 10.9 Å². The van der Waals surface area contributed by atoms with Gasteiger partial charge in [-0.1, -0.05) is 12.1 Å². The molecule has 0 aromatic carbocycles. The molecular formula is C9H20N4O2. The summed E-state index contributed by atoms with van der Waals surface area (Å²) in [7, 11) is 0. The summed E-state index contributed by atoms with van der Waals surface area (Å²) in [6.07, 6.45) is 1.88. The lowest BCUT2D eigenvalue weighted by atomic mass is 10.3. The minimum atomic E-state index is 0.0492. The van der Waals surface area contributed by atoms with Gasteiger partial charge in [0.1, 0.15) is 5.84 Å². The number of amidine groups is 1. The first kappa shape index (κ1) is 13.7. The number of hydrogen-bond acceptors (Lipinski definition) is 4. The summed E-state index contributed by atoms with van der Waals surface area (Å²) >= 11 is 0. The average Bonchev–Trinajstić information content (AvgIpc) is 2.25. The fraction of sp³-hybridized carbons (Fsp3) is 0.778. The second kappa shape index (κ2) is 9.26. The Labute approximate surface area is 89.9 Å². The van der Waals surface area contributed by atoms with Gasteiger partial charge in [0.25, 0.3) is 0 Å². The molecule has 88 valence electrons. The zero-order valence-electron chi connectivity index (χ0n) is 9.12. The van der Waals surface area contributed by atoms with Crippen LogP contribution >= 0.6 is 0 Å². The number of hydrogen-bond donors (Lipinski definition) is 4. The monoisotopic (exact) mass is 216 g/mol. The van der Waals surface area contributed by atoms with Crippen molar-refractivity contribution in [1.29, 1.82) is 0 Å². The van der Waals surface area contributed by atoms with Gasteiger partial charge in [0.05, 0.1) is 0 Å². The highest BCUT2D eigenvalue weighted by atomic mass is 16.4. The summed E-state index contributed by atoms with van der Waals surface area (Å²) in [5, 5.41) is 16.9. The quantitative estimate of drug-likeness (QED) is 0.146. The van der Waals surface area contributed by atoms with E-state index in [9.17, 15) is 4.79 Å². The molecular weight excluding hydrogens is 196 g/mol. The van der Waals surface area contributed by atoms with Crippen LogP contribution in [0.5, 0.6) is 0 Å². The zero-order valence-corrected chi connectivity index (χ0v) is 9.12. The van der Waals surface area contributed by atoms with E-state index in [0.717, 1.165) is 13.0 Å². The third-order valence-electron chi connectivity index (χ3n) is 1.79. The minimum Gasteiger partial charge on any atom is -0.409 e. The van der Waals surface area contributed by atoms with E-state index in [2.05, 4.69) is 15.8 Å². The Morgan fingerprint density at radius 2 is 2.00 bits per heavy atom. The average molecular weight is 216 g/mol. The molecule has 0 rings (SSSR count). The Morgan fingerprint density at radius 3 is 2.60 bits per heavy atom. The summed E-state index contributed by atoms with van der Waals surface area (Å²) in [6, 6.07) is 0. The number of carbonyl (C=O) groups excluding carboxylic acids is 1. The molecule has 15 heavy (non-hydrogen) atoms. The summed E-state index contributed by atoms with van der Waals surface area (Å²) in [5.74, 6) is 0.242. The fourth-order valence-corrected chi connectivity index (χ4v) is 0.946. The van der Waals surface area contributed by atoms with Gasteiger partial charge in [0, 0.05) is 32.5 Å². The maximum absolute atomic E-state index is 11.1. The van der Waals surface area contributed by atoms with Gasteiger partial charge in [0.15, 0.2) is 0 Å². The van der Waals surface area contributed by atoms with Crippen molar-refractivity contribution in [3.8, 4) is 0 Å². The minimum absolute atomic E-state index is 0.0492. The summed E-state index contributed by atoms with van der Waals surface area (Å²) in [5.41, 5.74) is 5.26. The van der Waals surface area contributed by atoms with Gasteiger partial charge in [-0.25, -0.2) is 0 Å². The molecule has 0 bridgehead atoms. The van der Waals surface area contributed by atoms with E-state index in [1.54, 1.807) is 0 Å². The topological polar surface area (TPSA) is 99.7 Å². The predicted octanol–water partition coefficient (Wildman–Crippen LogP) is -0.371. The van der Waals surface area contributed by atoms with Crippen LogP contribution in [-0.4, -0.2) is 36.6 Å². The summed E-state index contributed by atoms with van der Waals surface area (Å²) in [6.45, 7) is 3.95. The highest BCUT2D eigenvalue weighted by molar-refractivity contribution is 5.79. The summed E-state index contributed by atoms with van der Waals surface area (Å²) < 4.78 is 0. The molecule has 6 heteroatoms. The standard InChI is InChI=1S/C9H20N4O2/c1-2-5-12-9(14)4-7-11-6-3-8(10)13-15/h11,15H,2-7H2,1H3,(H2,10,13)(H,12,14). The van der Waals surface area contributed by atoms with Crippen molar-refractivity contribution < 1.29 is 10.0 Å². The Hall–Kier alpha value is -1.30. The molecule has 0 radical (unpaired) electrons. The zero-order chi connectivity index (χ0) is 11.5. The molecule has 0 heterocycles. The lowest BCUT2D eigenvalue weighted by Gasteiger charge is -2.04. The molecule has 0 aliphatic heterocycles. The van der Waals surface area contributed by atoms with E-state index >= 15 is 0 Å². The SMILES string of the molecule is CCCNC(=O)CCNCCC(N)=NO. The van der Waals surface area contributed by atoms with Gasteiger partial charge in [0.2, 0.25) is 5.91 Å². The van der Waals surface area contributed by atoms with E-state index in [4.69, 9.17) is 10.9 Å². The normalized spacial score (nSPS) is 11.4. The smallest absolute Gasteiger partial charge is 0.221 e. The van der Waals surface area contributed by atoms with Crippen LogP contribution in [0.3, 0.4) is 0 Å². The van der Waals surface area contributed by atoms with E-state index < -0.39 is 0 Å². The first-order chi connectivity index (χ1) is 7.20. The fourth-order valence-electron chi connectivity index (χ4n) is 0.946. The van der Waals surface area contributed by atoms with Crippen molar-refractivity contribution in [1.82, 2.24) is 10.6 Å². The second-order valence-corrected chi connectivity index (χ2v) is 3.19. The number of carbonyl (C=O) groups is 1. The number of rotatable bonds is 8. The number of nitrogens with two attached hydrogens (primary N) is 1. The van der Waals surface area contributed by atoms with Gasteiger partial charge in [-0.05, 0) is 6.42 Å². The lowest BCUT2D eigenvalue weighted by molar-refractivity contribution is -0.120. The molecule has 0 atom stereocenters. The molecule has 1 amide bonds. The first-order valence-corrected chi connectivity index (χ1v) is 5.14. The van der Waals surface area contributed by atoms with Crippen LogP contribution < -0.4 is 16.4 Å². The Morgan fingerprint density at radius 1 is 1.33 bits per heavy atom. The van der Waals surface area contributed by atoms with Crippen LogP contribution in [0, 0.1) is 0 Å².